The Morgan fingerprint density at radius 3 is 2.75 bits per heavy atom. The fourth-order valence-electron chi connectivity index (χ4n) is 3.33. The molecule has 0 aliphatic heterocycles. The van der Waals surface area contributed by atoms with Crippen LogP contribution in [0.15, 0.2) is 42.6 Å². The van der Waals surface area contributed by atoms with Crippen LogP contribution in [0.25, 0.3) is 16.8 Å². The van der Waals surface area contributed by atoms with Crippen LogP contribution in [-0.4, -0.2) is 25.4 Å². The lowest BCUT2D eigenvalue weighted by Gasteiger charge is -2.13. The van der Waals surface area contributed by atoms with Gasteiger partial charge in [-0.2, -0.15) is 0 Å². The van der Waals surface area contributed by atoms with Crippen molar-refractivity contribution >= 4 is 22.9 Å². The van der Waals surface area contributed by atoms with Gasteiger partial charge in [0.15, 0.2) is 17.7 Å². The van der Waals surface area contributed by atoms with E-state index in [-0.39, 0.29) is 22.6 Å². The van der Waals surface area contributed by atoms with Crippen molar-refractivity contribution < 1.29 is 27.2 Å². The lowest BCUT2D eigenvalue weighted by molar-refractivity contribution is -0.124. The highest BCUT2D eigenvalue weighted by Gasteiger charge is 2.24. The molecule has 0 saturated carbocycles. The molecule has 0 fully saturated rings. The summed E-state index contributed by atoms with van der Waals surface area (Å²) in [5, 5.41) is 12.2. The molecule has 0 saturated heterocycles. The fourth-order valence-corrected chi connectivity index (χ4v) is 3.33. The summed E-state index contributed by atoms with van der Waals surface area (Å²) in [5.41, 5.74) is 4.90. The fraction of sp³-hybridized carbons (Fsp3) is 0.136. The van der Waals surface area contributed by atoms with Crippen LogP contribution in [0.4, 0.5) is 24.7 Å². The molecule has 164 valence electrons. The van der Waals surface area contributed by atoms with E-state index in [1.807, 2.05) is 0 Å². The highest BCUT2D eigenvalue weighted by molar-refractivity contribution is 5.95. The van der Waals surface area contributed by atoms with Crippen LogP contribution in [0.5, 0.6) is 0 Å². The molecule has 2 heterocycles. The number of nitrogens with one attached hydrogen (secondary N) is 1. The lowest BCUT2D eigenvalue weighted by Crippen LogP contribution is -2.21. The molecule has 32 heavy (non-hydrogen) atoms. The van der Waals surface area contributed by atoms with Gasteiger partial charge in [-0.05, 0) is 43.6 Å². The maximum Gasteiger partial charge on any atom is 0.257 e. The van der Waals surface area contributed by atoms with Crippen molar-refractivity contribution in [3.05, 3.63) is 77.1 Å². The van der Waals surface area contributed by atoms with E-state index in [2.05, 4.69) is 15.3 Å². The Balaban J connectivity index is 1.76. The number of aryl methyl sites for hydroxylation is 2. The first kappa shape index (κ1) is 17.7. The molecule has 0 aliphatic rings. The molecule has 1 amide bonds. The predicted molar refractivity (Wildman–Crippen MR) is 112 cm³/mol. The number of imidazole rings is 1. The van der Waals surface area contributed by atoms with E-state index in [9.17, 15) is 18.7 Å². The average Bonchev–Trinajstić information content (AvgIpc) is 3.21. The van der Waals surface area contributed by atoms with Gasteiger partial charge in [0, 0.05) is 21.6 Å². The van der Waals surface area contributed by atoms with E-state index < -0.39 is 53.4 Å². The number of anilines is 2. The summed E-state index contributed by atoms with van der Waals surface area (Å²) in [6, 6.07) is 6.71. The minimum Gasteiger partial charge on any atom is -0.382 e. The second kappa shape index (κ2) is 7.97. The molecule has 4 rings (SSSR count). The van der Waals surface area contributed by atoms with Crippen LogP contribution >= 0.6 is 0 Å². The van der Waals surface area contributed by atoms with E-state index in [1.54, 1.807) is 6.92 Å². The van der Waals surface area contributed by atoms with Crippen LogP contribution in [0.2, 0.25) is 0 Å². The van der Waals surface area contributed by atoms with Gasteiger partial charge in [-0.3, -0.25) is 9.20 Å². The van der Waals surface area contributed by atoms with Crippen molar-refractivity contribution in [1.29, 1.82) is 0 Å². The van der Waals surface area contributed by atoms with Gasteiger partial charge < -0.3 is 16.2 Å². The van der Waals surface area contributed by atoms with Crippen molar-refractivity contribution in [2.24, 2.45) is 0 Å². The predicted octanol–water partition coefficient (Wildman–Crippen LogP) is 3.68. The number of hydrogen-bond acceptors (Lipinski definition) is 5. The summed E-state index contributed by atoms with van der Waals surface area (Å²) in [5.74, 6) is -5.31. The zero-order valence-corrected chi connectivity index (χ0v) is 16.5. The molecular formula is C22H18F3N5O2. The molecule has 0 aliphatic carbocycles. The second-order valence-electron chi connectivity index (χ2n) is 6.99. The quantitative estimate of drug-likeness (QED) is 0.445. The molecule has 0 radical (unpaired) electrons. The number of halogens is 3. The minimum absolute atomic E-state index is 0.0206. The molecule has 0 bridgehead atoms. The third-order valence-corrected chi connectivity index (χ3v) is 4.87. The van der Waals surface area contributed by atoms with Gasteiger partial charge in [0.25, 0.3) is 5.91 Å². The molecule has 1 unspecified atom stereocenters. The van der Waals surface area contributed by atoms with E-state index in [1.165, 1.54) is 22.7 Å². The van der Waals surface area contributed by atoms with Gasteiger partial charge in [-0.1, -0.05) is 12.1 Å². The van der Waals surface area contributed by atoms with Gasteiger partial charge in [0.2, 0.25) is 0 Å². The third kappa shape index (κ3) is 3.54. The number of nitrogen functional groups attached to an aromatic ring is 1. The highest BCUT2D eigenvalue weighted by Crippen LogP contribution is 2.33. The standard InChI is InChI=1S/C22H18F3N5O2/c1-10-9-27-21(26)19-18(28-11(2)30(10)19)14-6-7-15(17(25)16(14)24)29-22(32)20(31)12-4-3-5-13(23)8-12/h3-9,20,31H,1-2H3,(H2,26,27)(H,29,32)/i2D3. The summed E-state index contributed by atoms with van der Waals surface area (Å²) >= 11 is 0. The van der Waals surface area contributed by atoms with Crippen LogP contribution in [0, 0.1) is 31.2 Å². The van der Waals surface area contributed by atoms with E-state index >= 15 is 4.39 Å². The molecule has 10 heteroatoms. The molecule has 4 aromatic rings. The van der Waals surface area contributed by atoms with Crippen LogP contribution in [-0.2, 0) is 4.79 Å². The first-order valence-electron chi connectivity index (χ1n) is 10.8. The Kier molecular flexibility index (Phi) is 4.41. The smallest absolute Gasteiger partial charge is 0.257 e. The number of nitrogens with zero attached hydrogens (tertiary/aromatic N) is 3. The van der Waals surface area contributed by atoms with Gasteiger partial charge in [-0.25, -0.2) is 23.1 Å². The lowest BCUT2D eigenvalue weighted by atomic mass is 10.1. The maximum absolute atomic E-state index is 15.2. The average molecular weight is 444 g/mol. The number of fused-ring (bicyclic) bond motifs is 1. The van der Waals surface area contributed by atoms with Crippen molar-refractivity contribution in [3.8, 4) is 11.3 Å². The van der Waals surface area contributed by atoms with E-state index in [0.29, 0.717) is 5.69 Å². The Labute approximate surface area is 184 Å². The molecule has 7 nitrogen and oxygen atoms in total. The third-order valence-electron chi connectivity index (χ3n) is 4.87. The summed E-state index contributed by atoms with van der Waals surface area (Å²) < 4.78 is 67.9. The van der Waals surface area contributed by atoms with Crippen molar-refractivity contribution in [3.63, 3.8) is 0 Å². The SMILES string of the molecule is [2H]C([2H])([2H])c1nc(-c2ccc(NC(=O)C(O)c3cccc(F)c3)c(F)c2F)c2c(N)ncc(C)n12. The highest BCUT2D eigenvalue weighted by atomic mass is 19.2. The number of benzene rings is 2. The molecule has 2 aromatic carbocycles. The number of aromatic nitrogens is 3. The Bertz CT molecular complexity index is 1470. The zero-order chi connectivity index (χ0) is 25.7. The van der Waals surface area contributed by atoms with Crippen molar-refractivity contribution in [1.82, 2.24) is 14.4 Å². The number of carbonyl (C=O) groups excluding carboxylic acids is 1. The monoisotopic (exact) mass is 444 g/mol. The summed E-state index contributed by atoms with van der Waals surface area (Å²) in [4.78, 5) is 20.3. The molecule has 2 aromatic heterocycles. The number of aliphatic hydroxyl groups is 1. The largest absolute Gasteiger partial charge is 0.382 e. The van der Waals surface area contributed by atoms with Crippen molar-refractivity contribution in [2.75, 3.05) is 11.1 Å². The van der Waals surface area contributed by atoms with Gasteiger partial charge in [-0.15, -0.1) is 0 Å². The Hall–Kier alpha value is -3.92. The number of hydrogen-bond donors (Lipinski definition) is 3. The topological polar surface area (TPSA) is 106 Å². The first-order chi connectivity index (χ1) is 16.4. The Morgan fingerprint density at radius 2 is 2.03 bits per heavy atom. The number of nitrogens with two attached hydrogens (primary N) is 1. The number of aliphatic hydroxyl groups excluding tert-OH is 1. The number of amides is 1. The van der Waals surface area contributed by atoms with E-state index in [0.717, 1.165) is 24.3 Å². The van der Waals surface area contributed by atoms with Gasteiger partial charge in [0.05, 0.1) is 5.69 Å². The van der Waals surface area contributed by atoms with Gasteiger partial charge in [0.1, 0.15) is 28.7 Å². The second-order valence-corrected chi connectivity index (χ2v) is 6.99. The van der Waals surface area contributed by atoms with E-state index in [4.69, 9.17) is 9.85 Å². The molecule has 0 spiro atoms. The molecule has 4 N–H and O–H groups in total. The summed E-state index contributed by atoms with van der Waals surface area (Å²) in [7, 11) is 0. The number of carbonyl (C=O) groups is 1. The minimum atomic E-state index is -2.70. The van der Waals surface area contributed by atoms with Crippen molar-refractivity contribution in [2.45, 2.75) is 19.9 Å². The summed E-state index contributed by atoms with van der Waals surface area (Å²) in [6.07, 6.45) is -0.525. The number of rotatable bonds is 4. The van der Waals surface area contributed by atoms with Crippen LogP contribution < -0.4 is 11.1 Å². The maximum atomic E-state index is 15.2. The normalized spacial score (nSPS) is 14.0. The zero-order valence-electron chi connectivity index (χ0n) is 19.5. The van der Waals surface area contributed by atoms with Crippen LogP contribution in [0.3, 0.4) is 0 Å². The first-order valence-corrected chi connectivity index (χ1v) is 9.27. The molecule has 1 atom stereocenters. The van der Waals surface area contributed by atoms with Crippen LogP contribution in [0.1, 0.15) is 27.3 Å². The van der Waals surface area contributed by atoms with Gasteiger partial charge >= 0.3 is 0 Å². The Morgan fingerprint density at radius 1 is 1.25 bits per heavy atom. The summed E-state index contributed by atoms with van der Waals surface area (Å²) in [6.45, 7) is -1.14. The molecular weight excluding hydrogens is 423 g/mol.